The molecule has 4 rings (SSSR count). The number of aryl methyl sites for hydroxylation is 1. The molecule has 0 unspecified atom stereocenters. The van der Waals surface area contributed by atoms with E-state index in [9.17, 15) is 9.18 Å². The number of hydrogen-bond donors (Lipinski definition) is 3. The first-order valence-electron chi connectivity index (χ1n) is 11.0. The largest absolute Gasteiger partial charge is 0.396 e. The van der Waals surface area contributed by atoms with E-state index >= 15 is 0 Å². The minimum Gasteiger partial charge on any atom is -0.396 e. The predicted molar refractivity (Wildman–Crippen MR) is 131 cm³/mol. The van der Waals surface area contributed by atoms with Gasteiger partial charge in [-0.05, 0) is 74.0 Å². The second kappa shape index (κ2) is 9.98. The Bertz CT molecular complexity index is 1170. The average molecular weight is 446 g/mol. The van der Waals surface area contributed by atoms with Gasteiger partial charge in [0.25, 0.3) is 5.91 Å². The second-order valence-electron chi connectivity index (χ2n) is 8.48. The number of anilines is 2. The van der Waals surface area contributed by atoms with E-state index in [-0.39, 0.29) is 12.5 Å². The highest BCUT2D eigenvalue weighted by Crippen LogP contribution is 2.38. The number of nitrogens with one attached hydrogen (secondary N) is 2. The monoisotopic (exact) mass is 445 g/mol. The zero-order valence-electron chi connectivity index (χ0n) is 18.9. The zero-order valence-corrected chi connectivity index (χ0v) is 18.9. The minimum atomic E-state index is -0.394. The van der Waals surface area contributed by atoms with Crippen molar-refractivity contribution in [2.24, 2.45) is 0 Å². The third kappa shape index (κ3) is 5.30. The van der Waals surface area contributed by atoms with E-state index in [0.29, 0.717) is 28.9 Å². The van der Waals surface area contributed by atoms with Crippen molar-refractivity contribution in [3.63, 3.8) is 0 Å². The van der Waals surface area contributed by atoms with E-state index in [1.165, 1.54) is 17.7 Å². The lowest BCUT2D eigenvalue weighted by Gasteiger charge is -2.16. The van der Waals surface area contributed by atoms with Crippen molar-refractivity contribution in [3.8, 4) is 0 Å². The first-order chi connectivity index (χ1) is 15.9. The summed E-state index contributed by atoms with van der Waals surface area (Å²) in [5.41, 5.74) is 6.27. The van der Waals surface area contributed by atoms with Gasteiger partial charge in [-0.2, -0.15) is 0 Å². The minimum absolute atomic E-state index is 0.149. The second-order valence-corrected chi connectivity index (χ2v) is 8.48. The summed E-state index contributed by atoms with van der Waals surface area (Å²) in [5.74, 6) is -0.666. The van der Waals surface area contributed by atoms with Crippen LogP contribution in [0.4, 0.5) is 15.8 Å². The molecule has 0 aliphatic carbocycles. The molecule has 1 aliphatic rings. The quantitative estimate of drug-likeness (QED) is 0.438. The third-order valence-electron chi connectivity index (χ3n) is 5.56. The number of fused-ring (bicyclic) bond motifs is 1. The van der Waals surface area contributed by atoms with Gasteiger partial charge in [-0.25, -0.2) is 4.39 Å². The lowest BCUT2D eigenvalue weighted by Crippen LogP contribution is -2.11. The van der Waals surface area contributed by atoms with E-state index in [0.717, 1.165) is 29.8 Å². The van der Waals surface area contributed by atoms with Gasteiger partial charge in [0, 0.05) is 24.4 Å². The molecule has 0 radical (unpaired) electrons. The Morgan fingerprint density at radius 1 is 1.00 bits per heavy atom. The maximum absolute atomic E-state index is 13.8. The molecular formula is C27H28FN3O2. The van der Waals surface area contributed by atoms with E-state index in [1.54, 1.807) is 6.07 Å². The van der Waals surface area contributed by atoms with Crippen LogP contribution < -0.4 is 10.6 Å². The molecule has 3 N–H and O–H groups in total. The summed E-state index contributed by atoms with van der Waals surface area (Å²) in [6.45, 7) is 0.987. The van der Waals surface area contributed by atoms with Crippen LogP contribution in [-0.2, 0) is 17.8 Å². The van der Waals surface area contributed by atoms with Gasteiger partial charge in [-0.15, -0.1) is 0 Å². The van der Waals surface area contributed by atoms with Crippen molar-refractivity contribution in [2.75, 3.05) is 31.3 Å². The number of carbonyl (C=O) groups excluding carboxylic acids is 1. The van der Waals surface area contributed by atoms with Gasteiger partial charge in [0.2, 0.25) is 0 Å². The predicted octanol–water partition coefficient (Wildman–Crippen LogP) is 4.74. The van der Waals surface area contributed by atoms with Crippen molar-refractivity contribution >= 4 is 28.6 Å². The fourth-order valence-electron chi connectivity index (χ4n) is 4.00. The molecule has 6 heteroatoms. The highest BCUT2D eigenvalue weighted by Gasteiger charge is 2.28. The molecule has 170 valence electrons. The number of aliphatic hydroxyl groups excluding tert-OH is 1. The Balaban J connectivity index is 1.75. The Labute approximate surface area is 193 Å². The summed E-state index contributed by atoms with van der Waals surface area (Å²) >= 11 is 0. The lowest BCUT2D eigenvalue weighted by molar-refractivity contribution is -0.110. The summed E-state index contributed by atoms with van der Waals surface area (Å²) in [6.07, 6.45) is 1.48. The maximum atomic E-state index is 13.8. The summed E-state index contributed by atoms with van der Waals surface area (Å²) in [5, 5.41) is 15.3. The molecule has 0 saturated carbocycles. The topological polar surface area (TPSA) is 64.6 Å². The Morgan fingerprint density at radius 3 is 2.36 bits per heavy atom. The van der Waals surface area contributed by atoms with E-state index in [2.05, 4.69) is 27.7 Å². The molecule has 0 fully saturated rings. The normalized spacial score (nSPS) is 14.3. The number of benzene rings is 3. The Hall–Kier alpha value is -3.48. The van der Waals surface area contributed by atoms with Crippen LogP contribution in [0.2, 0.25) is 0 Å². The van der Waals surface area contributed by atoms with Crippen molar-refractivity contribution in [2.45, 2.75) is 19.4 Å². The number of nitrogens with zero attached hydrogens (tertiary/aromatic N) is 1. The van der Waals surface area contributed by atoms with Gasteiger partial charge in [-0.3, -0.25) is 4.79 Å². The van der Waals surface area contributed by atoms with Crippen LogP contribution in [0, 0.1) is 5.82 Å². The number of rotatable bonds is 8. The Morgan fingerprint density at radius 2 is 1.70 bits per heavy atom. The van der Waals surface area contributed by atoms with Crippen molar-refractivity contribution in [1.29, 1.82) is 0 Å². The van der Waals surface area contributed by atoms with Crippen LogP contribution in [0.5, 0.6) is 0 Å². The van der Waals surface area contributed by atoms with Gasteiger partial charge in [-0.1, -0.05) is 36.4 Å². The van der Waals surface area contributed by atoms with Crippen molar-refractivity contribution < 1.29 is 14.3 Å². The van der Waals surface area contributed by atoms with E-state index in [4.69, 9.17) is 5.11 Å². The average Bonchev–Trinajstić information content (AvgIpc) is 3.11. The number of amides is 1. The number of hydrogen-bond acceptors (Lipinski definition) is 4. The smallest absolute Gasteiger partial charge is 0.258 e. The van der Waals surface area contributed by atoms with Crippen LogP contribution in [0.25, 0.3) is 11.3 Å². The molecule has 0 atom stereocenters. The van der Waals surface area contributed by atoms with Gasteiger partial charge in [0.1, 0.15) is 5.82 Å². The molecule has 0 spiro atoms. The van der Waals surface area contributed by atoms with Gasteiger partial charge < -0.3 is 20.6 Å². The molecular weight excluding hydrogens is 417 g/mol. The first-order valence-corrected chi connectivity index (χ1v) is 11.0. The zero-order chi connectivity index (χ0) is 23.4. The molecule has 1 aliphatic heterocycles. The van der Waals surface area contributed by atoms with Gasteiger partial charge >= 0.3 is 0 Å². The highest BCUT2D eigenvalue weighted by molar-refractivity contribution is 6.37. The fraction of sp³-hybridized carbons (Fsp3) is 0.222. The molecule has 0 saturated heterocycles. The standard InChI is InChI=1S/C27H28FN3O2/c1-31(2)17-19-7-12-22(13-8-19)29-26(20-9-5-18(6-10-20)4-3-15-32)25-23-14-11-21(28)16-24(23)30-27(25)33/h5-14,16,29,32H,3-4,15,17H2,1-2H3,(H,30,33). The Kier molecular flexibility index (Phi) is 6.87. The van der Waals surface area contributed by atoms with E-state index < -0.39 is 5.82 Å². The molecule has 0 aromatic heterocycles. The van der Waals surface area contributed by atoms with Crippen LogP contribution in [0.3, 0.4) is 0 Å². The number of carbonyl (C=O) groups is 1. The third-order valence-corrected chi connectivity index (χ3v) is 5.56. The number of halogens is 1. The molecule has 0 bridgehead atoms. The number of aliphatic hydroxyl groups is 1. The van der Waals surface area contributed by atoms with Crippen LogP contribution >= 0.6 is 0 Å². The molecule has 1 amide bonds. The molecule has 33 heavy (non-hydrogen) atoms. The summed E-state index contributed by atoms with van der Waals surface area (Å²) in [7, 11) is 4.05. The van der Waals surface area contributed by atoms with Crippen LogP contribution in [0.1, 0.15) is 28.7 Å². The highest BCUT2D eigenvalue weighted by atomic mass is 19.1. The van der Waals surface area contributed by atoms with Crippen LogP contribution in [0.15, 0.2) is 66.7 Å². The van der Waals surface area contributed by atoms with Crippen molar-refractivity contribution in [1.82, 2.24) is 4.90 Å². The molecule has 3 aromatic rings. The molecule has 1 heterocycles. The van der Waals surface area contributed by atoms with Crippen molar-refractivity contribution in [3.05, 3.63) is 94.8 Å². The summed E-state index contributed by atoms with van der Waals surface area (Å²) < 4.78 is 13.8. The van der Waals surface area contributed by atoms with Crippen LogP contribution in [-0.4, -0.2) is 36.6 Å². The summed E-state index contributed by atoms with van der Waals surface area (Å²) in [6, 6.07) is 20.4. The summed E-state index contributed by atoms with van der Waals surface area (Å²) in [4.78, 5) is 15.1. The van der Waals surface area contributed by atoms with Gasteiger partial charge in [0.15, 0.2) is 0 Å². The molecule has 5 nitrogen and oxygen atoms in total. The molecule has 3 aromatic carbocycles. The van der Waals surface area contributed by atoms with Gasteiger partial charge in [0.05, 0.1) is 17.0 Å². The lowest BCUT2D eigenvalue weighted by atomic mass is 9.98. The first kappa shape index (κ1) is 22.7. The maximum Gasteiger partial charge on any atom is 0.258 e. The SMILES string of the molecule is CN(C)Cc1ccc(NC(=C2C(=O)Nc3cc(F)ccc32)c2ccc(CCCO)cc2)cc1. The van der Waals surface area contributed by atoms with E-state index in [1.807, 2.05) is 50.5 Å². The fourth-order valence-corrected chi connectivity index (χ4v) is 4.00.